The Morgan fingerprint density at radius 1 is 1.21 bits per heavy atom. The zero-order chi connectivity index (χ0) is 20.7. The Balaban J connectivity index is 1.99. The summed E-state index contributed by atoms with van der Waals surface area (Å²) in [4.78, 5) is 48.6. The van der Waals surface area contributed by atoms with Gasteiger partial charge in [-0.2, -0.15) is 0 Å². The van der Waals surface area contributed by atoms with Crippen molar-refractivity contribution in [1.82, 2.24) is 10.6 Å². The van der Waals surface area contributed by atoms with Crippen molar-refractivity contribution in [2.24, 2.45) is 5.92 Å². The number of nitrogens with one attached hydrogen (secondary N) is 2. The van der Waals surface area contributed by atoms with Gasteiger partial charge in [0.25, 0.3) is 0 Å². The predicted molar refractivity (Wildman–Crippen MR) is 101 cm³/mol. The van der Waals surface area contributed by atoms with Crippen molar-refractivity contribution >= 4 is 23.8 Å². The fourth-order valence-electron chi connectivity index (χ4n) is 2.77. The molecule has 1 aliphatic heterocycles. The lowest BCUT2D eigenvalue weighted by Gasteiger charge is -2.24. The molecule has 0 aliphatic carbocycles. The van der Waals surface area contributed by atoms with Crippen LogP contribution in [0.5, 0.6) is 0 Å². The number of rotatable bonds is 7. The van der Waals surface area contributed by atoms with Gasteiger partial charge in [-0.05, 0) is 45.7 Å². The van der Waals surface area contributed by atoms with E-state index < -0.39 is 42.0 Å². The molecule has 8 nitrogen and oxygen atoms in total. The van der Waals surface area contributed by atoms with Crippen LogP contribution in [0, 0.1) is 5.92 Å². The van der Waals surface area contributed by atoms with Crippen LogP contribution in [-0.2, 0) is 19.1 Å². The van der Waals surface area contributed by atoms with Crippen LogP contribution in [0.2, 0.25) is 0 Å². The number of ketones is 1. The molecule has 1 aromatic carbocycles. The van der Waals surface area contributed by atoms with E-state index >= 15 is 0 Å². The number of carbonyl (C=O) groups excluding carboxylic acids is 4. The molecule has 1 fully saturated rings. The second-order valence-corrected chi connectivity index (χ2v) is 7.62. The molecule has 2 N–H and O–H groups in total. The van der Waals surface area contributed by atoms with Gasteiger partial charge in [0, 0.05) is 12.5 Å². The Bertz CT molecular complexity index is 726. The van der Waals surface area contributed by atoms with E-state index in [1.54, 1.807) is 51.1 Å². The number of benzene rings is 1. The Kier molecular flexibility index (Phi) is 7.14. The summed E-state index contributed by atoms with van der Waals surface area (Å²) in [5, 5.41) is 5.20. The average molecular weight is 390 g/mol. The SMILES string of the molecule is CC(C)(C)OC(=O)N[C@@H](C[C@@H]1CCNC1=O)C(=O)COC(=O)c1ccccc1. The van der Waals surface area contributed by atoms with Gasteiger partial charge in [0.1, 0.15) is 5.60 Å². The first kappa shape index (κ1) is 21.4. The van der Waals surface area contributed by atoms with Gasteiger partial charge in [-0.3, -0.25) is 9.59 Å². The summed E-state index contributed by atoms with van der Waals surface area (Å²) in [5.74, 6) is -1.70. The first-order chi connectivity index (χ1) is 13.2. The molecular formula is C20H26N2O6. The molecule has 0 aromatic heterocycles. The van der Waals surface area contributed by atoms with Crippen LogP contribution in [-0.4, -0.2) is 48.5 Å². The van der Waals surface area contributed by atoms with Crippen LogP contribution in [0.4, 0.5) is 4.79 Å². The van der Waals surface area contributed by atoms with Gasteiger partial charge < -0.3 is 20.1 Å². The molecule has 1 heterocycles. The first-order valence-corrected chi connectivity index (χ1v) is 9.18. The Hall–Kier alpha value is -2.90. The van der Waals surface area contributed by atoms with Crippen LogP contribution >= 0.6 is 0 Å². The van der Waals surface area contributed by atoms with E-state index in [2.05, 4.69) is 10.6 Å². The summed E-state index contributed by atoms with van der Waals surface area (Å²) in [6.45, 7) is 5.13. The summed E-state index contributed by atoms with van der Waals surface area (Å²) < 4.78 is 10.3. The largest absolute Gasteiger partial charge is 0.454 e. The third-order valence-electron chi connectivity index (χ3n) is 4.12. The minimum atomic E-state index is -0.993. The fraction of sp³-hybridized carbons (Fsp3) is 0.500. The van der Waals surface area contributed by atoms with Gasteiger partial charge in [0.15, 0.2) is 12.4 Å². The number of amides is 2. The number of Topliss-reactive ketones (excluding diaryl/α,β-unsaturated/α-hetero) is 1. The Labute approximate surface area is 164 Å². The topological polar surface area (TPSA) is 111 Å². The Morgan fingerprint density at radius 3 is 2.46 bits per heavy atom. The van der Waals surface area contributed by atoms with Crippen molar-refractivity contribution in [3.63, 3.8) is 0 Å². The first-order valence-electron chi connectivity index (χ1n) is 9.18. The fourth-order valence-corrected chi connectivity index (χ4v) is 2.77. The molecule has 0 bridgehead atoms. The zero-order valence-electron chi connectivity index (χ0n) is 16.3. The van der Waals surface area contributed by atoms with Crippen molar-refractivity contribution in [1.29, 1.82) is 0 Å². The van der Waals surface area contributed by atoms with E-state index in [-0.39, 0.29) is 12.3 Å². The lowest BCUT2D eigenvalue weighted by Crippen LogP contribution is -2.46. The van der Waals surface area contributed by atoms with Crippen LogP contribution in [0.25, 0.3) is 0 Å². The molecule has 0 unspecified atom stereocenters. The van der Waals surface area contributed by atoms with Gasteiger partial charge in [0.05, 0.1) is 11.6 Å². The van der Waals surface area contributed by atoms with Gasteiger partial charge >= 0.3 is 12.1 Å². The normalized spacial score (nSPS) is 17.4. The molecule has 0 spiro atoms. The smallest absolute Gasteiger partial charge is 0.408 e. The molecule has 0 saturated carbocycles. The van der Waals surface area contributed by atoms with E-state index in [0.29, 0.717) is 18.5 Å². The maximum absolute atomic E-state index is 12.6. The molecule has 152 valence electrons. The van der Waals surface area contributed by atoms with E-state index in [1.165, 1.54) is 0 Å². The molecule has 2 amide bonds. The van der Waals surface area contributed by atoms with E-state index in [4.69, 9.17) is 9.47 Å². The highest BCUT2D eigenvalue weighted by atomic mass is 16.6. The zero-order valence-corrected chi connectivity index (χ0v) is 16.3. The van der Waals surface area contributed by atoms with Crippen molar-refractivity contribution in [2.75, 3.05) is 13.2 Å². The molecule has 2 rings (SSSR count). The summed E-state index contributed by atoms with van der Waals surface area (Å²) in [5.41, 5.74) is -0.413. The number of hydrogen-bond acceptors (Lipinski definition) is 6. The van der Waals surface area contributed by atoms with Crippen molar-refractivity contribution < 1.29 is 28.7 Å². The van der Waals surface area contributed by atoms with E-state index in [1.807, 2.05) is 0 Å². The van der Waals surface area contributed by atoms with Gasteiger partial charge in [-0.25, -0.2) is 9.59 Å². The van der Waals surface area contributed by atoms with Gasteiger partial charge in [-0.15, -0.1) is 0 Å². The highest BCUT2D eigenvalue weighted by Crippen LogP contribution is 2.17. The quantitative estimate of drug-likeness (QED) is 0.687. The number of hydrogen-bond donors (Lipinski definition) is 2. The minimum Gasteiger partial charge on any atom is -0.454 e. The molecule has 1 aromatic rings. The molecule has 0 radical (unpaired) electrons. The van der Waals surface area contributed by atoms with Crippen LogP contribution in [0.3, 0.4) is 0 Å². The second-order valence-electron chi connectivity index (χ2n) is 7.62. The summed E-state index contributed by atoms with van der Waals surface area (Å²) >= 11 is 0. The third kappa shape index (κ3) is 6.68. The molecule has 2 atom stereocenters. The monoisotopic (exact) mass is 390 g/mol. The average Bonchev–Trinajstić information content (AvgIpc) is 3.02. The minimum absolute atomic E-state index is 0.118. The van der Waals surface area contributed by atoms with Crippen LogP contribution in [0.15, 0.2) is 30.3 Å². The molecule has 8 heteroatoms. The van der Waals surface area contributed by atoms with Crippen LogP contribution in [0.1, 0.15) is 44.0 Å². The second kappa shape index (κ2) is 9.34. The van der Waals surface area contributed by atoms with Crippen molar-refractivity contribution in [3.05, 3.63) is 35.9 Å². The molecule has 28 heavy (non-hydrogen) atoms. The summed E-state index contributed by atoms with van der Waals surface area (Å²) in [6, 6.07) is 7.29. The lowest BCUT2D eigenvalue weighted by molar-refractivity contribution is -0.126. The highest BCUT2D eigenvalue weighted by molar-refractivity contribution is 5.94. The van der Waals surface area contributed by atoms with E-state index in [9.17, 15) is 19.2 Å². The van der Waals surface area contributed by atoms with Crippen molar-refractivity contribution in [2.45, 2.75) is 45.3 Å². The summed E-state index contributed by atoms with van der Waals surface area (Å²) in [6.07, 6.45) is -0.0755. The number of ether oxygens (including phenoxy) is 2. The van der Waals surface area contributed by atoms with E-state index in [0.717, 1.165) is 0 Å². The number of alkyl carbamates (subject to hydrolysis) is 1. The summed E-state index contributed by atoms with van der Waals surface area (Å²) in [7, 11) is 0. The standard InChI is InChI=1S/C20H26N2O6/c1-20(2,3)28-19(26)22-15(11-14-9-10-21-17(14)24)16(23)12-27-18(25)13-7-5-4-6-8-13/h4-8,14-15H,9-12H2,1-3H3,(H,21,24)(H,22,26)/t14-,15-/m0/s1. The molecule has 1 aliphatic rings. The Morgan fingerprint density at radius 2 is 1.89 bits per heavy atom. The number of carbonyl (C=O) groups is 4. The predicted octanol–water partition coefficient (Wildman–Crippen LogP) is 1.83. The third-order valence-corrected chi connectivity index (χ3v) is 4.12. The maximum Gasteiger partial charge on any atom is 0.408 e. The van der Waals surface area contributed by atoms with Gasteiger partial charge in [0.2, 0.25) is 5.91 Å². The van der Waals surface area contributed by atoms with Gasteiger partial charge in [-0.1, -0.05) is 18.2 Å². The molecular weight excluding hydrogens is 364 g/mol. The molecule has 1 saturated heterocycles. The maximum atomic E-state index is 12.6. The number of esters is 1. The van der Waals surface area contributed by atoms with Crippen LogP contribution < -0.4 is 10.6 Å². The lowest BCUT2D eigenvalue weighted by atomic mass is 9.96. The van der Waals surface area contributed by atoms with Crippen molar-refractivity contribution in [3.8, 4) is 0 Å². The highest BCUT2D eigenvalue weighted by Gasteiger charge is 2.32.